The Balaban J connectivity index is 2.31. The van der Waals surface area contributed by atoms with Gasteiger partial charge in [0.2, 0.25) is 0 Å². The molecule has 138 valence electrons. The molecule has 0 saturated carbocycles. The zero-order chi connectivity index (χ0) is 19.4. The summed E-state index contributed by atoms with van der Waals surface area (Å²) in [5.74, 6) is 0. The maximum atomic E-state index is 11.4. The molecule has 0 spiro atoms. The number of hydrogen-bond acceptors (Lipinski definition) is 8. The van der Waals surface area contributed by atoms with Gasteiger partial charge in [-0.2, -0.15) is 0 Å². The van der Waals surface area contributed by atoms with Gasteiger partial charge in [0.05, 0.1) is 19.6 Å². The van der Waals surface area contributed by atoms with E-state index in [9.17, 15) is 20.2 Å². The highest BCUT2D eigenvalue weighted by Gasteiger charge is 2.20. The average Bonchev–Trinajstić information content (AvgIpc) is 2.59. The van der Waals surface area contributed by atoms with E-state index in [0.29, 0.717) is 21.2 Å². The maximum absolute atomic E-state index is 11.4. The van der Waals surface area contributed by atoms with Crippen molar-refractivity contribution in [2.24, 2.45) is 0 Å². The Bertz CT molecular complexity index is 773. The summed E-state index contributed by atoms with van der Waals surface area (Å²) < 4.78 is 0. The van der Waals surface area contributed by atoms with Crippen molar-refractivity contribution in [2.45, 2.75) is 9.79 Å². The lowest BCUT2D eigenvalue weighted by Crippen LogP contribution is -2.09. The molecule has 10 heteroatoms. The molecule has 0 aliphatic rings. The summed E-state index contributed by atoms with van der Waals surface area (Å²) in [6.45, 7) is 0. The van der Waals surface area contributed by atoms with E-state index in [2.05, 4.69) is 0 Å². The second kappa shape index (κ2) is 8.28. The first-order chi connectivity index (χ1) is 12.2. The Labute approximate surface area is 158 Å². The van der Waals surface area contributed by atoms with Crippen molar-refractivity contribution < 1.29 is 9.85 Å². The van der Waals surface area contributed by atoms with Gasteiger partial charge in [0.15, 0.2) is 0 Å². The van der Waals surface area contributed by atoms with E-state index in [4.69, 9.17) is 0 Å². The first-order valence-electron chi connectivity index (χ1n) is 7.46. The minimum absolute atomic E-state index is 0.0266. The lowest BCUT2D eigenvalue weighted by Gasteiger charge is -2.14. The van der Waals surface area contributed by atoms with Crippen molar-refractivity contribution in [3.05, 3.63) is 56.6 Å². The molecule has 0 aliphatic carbocycles. The number of nitro groups is 2. The van der Waals surface area contributed by atoms with Gasteiger partial charge < -0.3 is 9.80 Å². The van der Waals surface area contributed by atoms with Gasteiger partial charge in [0.25, 0.3) is 11.4 Å². The molecule has 0 radical (unpaired) electrons. The highest BCUT2D eigenvalue weighted by atomic mass is 33.1. The second-order valence-corrected chi connectivity index (χ2v) is 7.99. The monoisotopic (exact) mass is 394 g/mol. The van der Waals surface area contributed by atoms with Crippen LogP contribution in [0.4, 0.5) is 22.7 Å². The minimum Gasteiger partial charge on any atom is -0.377 e. The SMILES string of the molecule is CN(C)c1ccc(SSc2ccc(N(C)C)cc2[N+](=O)[O-])c([N+](=O)[O-])c1. The van der Waals surface area contributed by atoms with Gasteiger partial charge in [-0.05, 0) is 45.9 Å². The number of nitro benzene ring substituents is 2. The van der Waals surface area contributed by atoms with Crippen LogP contribution in [0.2, 0.25) is 0 Å². The first-order valence-corrected chi connectivity index (χ1v) is 9.61. The molecule has 0 unspecified atom stereocenters. The highest BCUT2D eigenvalue weighted by Crippen LogP contribution is 2.46. The predicted octanol–water partition coefficient (Wildman–Crippen LogP) is 4.43. The molecule has 0 atom stereocenters. The van der Waals surface area contributed by atoms with Crippen molar-refractivity contribution in [3.63, 3.8) is 0 Å². The van der Waals surface area contributed by atoms with E-state index in [0.717, 1.165) is 21.6 Å². The van der Waals surface area contributed by atoms with Crippen molar-refractivity contribution in [3.8, 4) is 0 Å². The molecular weight excluding hydrogens is 376 g/mol. The average molecular weight is 394 g/mol. The third kappa shape index (κ3) is 4.58. The highest BCUT2D eigenvalue weighted by molar-refractivity contribution is 8.76. The Kier molecular flexibility index (Phi) is 6.32. The molecule has 0 heterocycles. The Hall–Kier alpha value is -2.46. The largest absolute Gasteiger partial charge is 0.377 e. The van der Waals surface area contributed by atoms with Crippen LogP contribution < -0.4 is 9.80 Å². The van der Waals surface area contributed by atoms with Crippen LogP contribution in [0.1, 0.15) is 0 Å². The number of benzene rings is 2. The van der Waals surface area contributed by atoms with Crippen LogP contribution in [0.3, 0.4) is 0 Å². The molecular formula is C16H18N4O4S2. The van der Waals surface area contributed by atoms with Crippen LogP contribution in [0.5, 0.6) is 0 Å². The van der Waals surface area contributed by atoms with Crippen LogP contribution in [-0.4, -0.2) is 38.0 Å². The molecule has 2 aromatic carbocycles. The standard InChI is InChI=1S/C16H18N4O4S2/c1-17(2)11-5-7-15(13(9-11)19(21)22)25-26-16-8-6-12(18(3)4)10-14(16)20(23)24/h5-10H,1-4H3. The normalized spacial score (nSPS) is 10.5. The summed E-state index contributed by atoms with van der Waals surface area (Å²) in [5.41, 5.74) is 1.38. The van der Waals surface area contributed by atoms with Crippen molar-refractivity contribution in [1.29, 1.82) is 0 Å². The Morgan fingerprint density at radius 2 is 1.08 bits per heavy atom. The van der Waals surface area contributed by atoms with Gasteiger partial charge in [-0.15, -0.1) is 0 Å². The van der Waals surface area contributed by atoms with Gasteiger partial charge in [-0.1, -0.05) is 0 Å². The second-order valence-electron chi connectivity index (χ2n) is 5.77. The molecule has 0 aliphatic heterocycles. The third-order valence-corrected chi connectivity index (χ3v) is 5.99. The van der Waals surface area contributed by atoms with Crippen molar-refractivity contribution >= 4 is 44.3 Å². The molecule has 0 aromatic heterocycles. The summed E-state index contributed by atoms with van der Waals surface area (Å²) in [6, 6.07) is 9.86. The fourth-order valence-electron chi connectivity index (χ4n) is 2.08. The molecule has 2 aromatic rings. The van der Waals surface area contributed by atoms with Gasteiger partial charge in [-0.25, -0.2) is 0 Å². The van der Waals surface area contributed by atoms with Crippen LogP contribution in [-0.2, 0) is 0 Å². The topological polar surface area (TPSA) is 92.8 Å². The van der Waals surface area contributed by atoms with Crippen LogP contribution in [0.15, 0.2) is 46.2 Å². The molecule has 8 nitrogen and oxygen atoms in total. The zero-order valence-corrected chi connectivity index (χ0v) is 16.3. The van der Waals surface area contributed by atoms with Gasteiger partial charge in [0, 0.05) is 51.7 Å². The van der Waals surface area contributed by atoms with Crippen LogP contribution in [0.25, 0.3) is 0 Å². The molecule has 26 heavy (non-hydrogen) atoms. The third-order valence-electron chi connectivity index (χ3n) is 3.53. The molecule has 0 bridgehead atoms. The fraction of sp³-hybridized carbons (Fsp3) is 0.250. The van der Waals surface area contributed by atoms with Crippen LogP contribution in [0, 0.1) is 20.2 Å². The lowest BCUT2D eigenvalue weighted by atomic mass is 10.2. The summed E-state index contributed by atoms with van der Waals surface area (Å²) in [6.07, 6.45) is 0. The van der Waals surface area contributed by atoms with E-state index < -0.39 is 9.85 Å². The molecule has 0 N–H and O–H groups in total. The van der Waals surface area contributed by atoms with E-state index in [1.165, 1.54) is 12.1 Å². The Morgan fingerprint density at radius 3 is 1.35 bits per heavy atom. The molecule has 0 fully saturated rings. The number of nitrogens with zero attached hydrogens (tertiary/aromatic N) is 4. The van der Waals surface area contributed by atoms with E-state index in [-0.39, 0.29) is 11.4 Å². The maximum Gasteiger partial charge on any atom is 0.285 e. The van der Waals surface area contributed by atoms with Gasteiger partial charge >= 0.3 is 0 Å². The van der Waals surface area contributed by atoms with E-state index in [1.807, 2.05) is 0 Å². The van der Waals surface area contributed by atoms with Crippen molar-refractivity contribution in [2.75, 3.05) is 38.0 Å². The predicted molar refractivity (Wildman–Crippen MR) is 107 cm³/mol. The Morgan fingerprint density at radius 1 is 0.731 bits per heavy atom. The summed E-state index contributed by atoms with van der Waals surface area (Å²) in [7, 11) is 9.47. The fourth-order valence-corrected chi connectivity index (χ4v) is 4.33. The molecule has 0 saturated heterocycles. The van der Waals surface area contributed by atoms with Gasteiger partial charge in [0.1, 0.15) is 0 Å². The summed E-state index contributed by atoms with van der Waals surface area (Å²) in [4.78, 5) is 26.3. The first kappa shape index (κ1) is 19.9. The summed E-state index contributed by atoms with van der Waals surface area (Å²) >= 11 is 0. The number of anilines is 2. The number of hydrogen-bond donors (Lipinski definition) is 0. The molecule has 2 rings (SSSR count). The van der Waals surface area contributed by atoms with Gasteiger partial charge in [-0.3, -0.25) is 20.2 Å². The lowest BCUT2D eigenvalue weighted by molar-refractivity contribution is -0.387. The zero-order valence-electron chi connectivity index (χ0n) is 14.7. The summed E-state index contributed by atoms with van der Waals surface area (Å²) in [5, 5.41) is 22.7. The van der Waals surface area contributed by atoms with E-state index >= 15 is 0 Å². The number of rotatable bonds is 7. The quantitative estimate of drug-likeness (QED) is 0.387. The smallest absolute Gasteiger partial charge is 0.285 e. The van der Waals surface area contributed by atoms with Crippen molar-refractivity contribution in [1.82, 2.24) is 0 Å². The van der Waals surface area contributed by atoms with E-state index in [1.54, 1.807) is 62.3 Å². The van der Waals surface area contributed by atoms with Crippen LogP contribution >= 0.6 is 21.6 Å². The molecule has 0 amide bonds. The minimum atomic E-state index is -0.445.